The summed E-state index contributed by atoms with van der Waals surface area (Å²) in [5.74, 6) is -0.530. The second-order valence-electron chi connectivity index (χ2n) is 5.99. The number of halogens is 4. The SMILES string of the molecule is COc1ccc(S(=O)(=O)C(F)(F)F)cc1NC(=O)C(C)Oc1cc(C)ccc1Cl. The Balaban J connectivity index is 2.29. The van der Waals surface area contributed by atoms with Crippen LogP contribution in [0, 0.1) is 6.92 Å². The quantitative estimate of drug-likeness (QED) is 0.705. The first-order chi connectivity index (χ1) is 13.4. The van der Waals surface area contributed by atoms with Gasteiger partial charge in [-0.25, -0.2) is 8.42 Å². The van der Waals surface area contributed by atoms with Crippen molar-refractivity contribution in [1.29, 1.82) is 0 Å². The summed E-state index contributed by atoms with van der Waals surface area (Å²) in [4.78, 5) is 11.4. The summed E-state index contributed by atoms with van der Waals surface area (Å²) in [5.41, 5.74) is -4.90. The molecule has 0 fully saturated rings. The monoisotopic (exact) mass is 451 g/mol. The zero-order valence-electron chi connectivity index (χ0n) is 15.5. The molecule has 0 spiro atoms. The largest absolute Gasteiger partial charge is 0.501 e. The predicted octanol–water partition coefficient (Wildman–Crippen LogP) is 4.36. The number of carbonyl (C=O) groups excluding carboxylic acids is 1. The molecule has 1 unspecified atom stereocenters. The first-order valence-corrected chi connectivity index (χ1v) is 9.96. The third-order valence-corrected chi connectivity index (χ3v) is 5.60. The summed E-state index contributed by atoms with van der Waals surface area (Å²) >= 11 is 6.02. The zero-order valence-corrected chi connectivity index (χ0v) is 17.1. The number of carbonyl (C=O) groups is 1. The molecule has 2 aromatic rings. The number of aryl methyl sites for hydroxylation is 1. The van der Waals surface area contributed by atoms with Crippen LogP contribution in [0.3, 0.4) is 0 Å². The standard InChI is InChI=1S/C18H17ClF3NO5S/c1-10-4-6-13(19)16(8-10)28-11(2)17(24)23-14-9-12(5-7-15(14)27-3)29(25,26)18(20,21)22/h4-9,11H,1-3H3,(H,23,24). The zero-order chi connectivity index (χ0) is 22.0. The first-order valence-electron chi connectivity index (χ1n) is 8.10. The fraction of sp³-hybridized carbons (Fsp3) is 0.278. The number of methoxy groups -OCH3 is 1. The summed E-state index contributed by atoms with van der Waals surface area (Å²) in [6.45, 7) is 3.20. The number of anilines is 1. The van der Waals surface area contributed by atoms with Crippen LogP contribution in [0.15, 0.2) is 41.3 Å². The van der Waals surface area contributed by atoms with Crippen molar-refractivity contribution in [1.82, 2.24) is 0 Å². The van der Waals surface area contributed by atoms with Gasteiger partial charge in [-0.3, -0.25) is 4.79 Å². The van der Waals surface area contributed by atoms with Crippen LogP contribution >= 0.6 is 11.6 Å². The number of nitrogens with one attached hydrogen (secondary N) is 1. The van der Waals surface area contributed by atoms with E-state index in [0.717, 1.165) is 17.7 Å². The van der Waals surface area contributed by atoms with Crippen LogP contribution in [0.1, 0.15) is 12.5 Å². The van der Waals surface area contributed by atoms with Crippen molar-refractivity contribution >= 4 is 33.0 Å². The third kappa shape index (κ3) is 5.13. The molecule has 0 heterocycles. The molecule has 1 atom stereocenters. The maximum atomic E-state index is 12.8. The molecule has 0 bridgehead atoms. The average Bonchev–Trinajstić information content (AvgIpc) is 2.63. The van der Waals surface area contributed by atoms with Crippen LogP contribution in [0.4, 0.5) is 18.9 Å². The topological polar surface area (TPSA) is 81.7 Å². The maximum Gasteiger partial charge on any atom is 0.501 e. The van der Waals surface area contributed by atoms with Gasteiger partial charge < -0.3 is 14.8 Å². The van der Waals surface area contributed by atoms with Crippen LogP contribution in [-0.4, -0.2) is 33.0 Å². The van der Waals surface area contributed by atoms with Crippen molar-refractivity contribution in [3.05, 3.63) is 47.0 Å². The highest BCUT2D eigenvalue weighted by atomic mass is 35.5. The van der Waals surface area contributed by atoms with Crippen molar-refractivity contribution < 1.29 is 35.9 Å². The highest BCUT2D eigenvalue weighted by Gasteiger charge is 2.47. The Morgan fingerprint density at radius 3 is 2.38 bits per heavy atom. The van der Waals surface area contributed by atoms with Gasteiger partial charge in [0.2, 0.25) is 0 Å². The van der Waals surface area contributed by atoms with Crippen molar-refractivity contribution in [2.75, 3.05) is 12.4 Å². The van der Waals surface area contributed by atoms with Gasteiger partial charge in [0.05, 0.1) is 22.7 Å². The molecule has 0 saturated heterocycles. The minimum absolute atomic E-state index is 0.0275. The summed E-state index contributed by atoms with van der Waals surface area (Å²) in [5, 5.41) is 2.59. The molecule has 6 nitrogen and oxygen atoms in total. The number of hydrogen-bond donors (Lipinski definition) is 1. The predicted molar refractivity (Wildman–Crippen MR) is 101 cm³/mol. The van der Waals surface area contributed by atoms with Crippen LogP contribution in [0.25, 0.3) is 0 Å². The fourth-order valence-corrected chi connectivity index (χ4v) is 3.21. The highest BCUT2D eigenvalue weighted by Crippen LogP contribution is 2.35. The third-order valence-electron chi connectivity index (χ3n) is 3.80. The van der Waals surface area contributed by atoms with Crippen molar-refractivity contribution in [2.24, 2.45) is 0 Å². The van der Waals surface area contributed by atoms with Crippen LogP contribution in [0.2, 0.25) is 5.02 Å². The van der Waals surface area contributed by atoms with E-state index in [9.17, 15) is 26.4 Å². The Kier molecular flexibility index (Phi) is 6.69. The van der Waals surface area contributed by atoms with Gasteiger partial charge in [-0.2, -0.15) is 13.2 Å². The molecule has 2 aromatic carbocycles. The van der Waals surface area contributed by atoms with E-state index >= 15 is 0 Å². The molecule has 0 radical (unpaired) electrons. The van der Waals surface area contributed by atoms with Crippen LogP contribution in [0.5, 0.6) is 11.5 Å². The van der Waals surface area contributed by atoms with E-state index in [-0.39, 0.29) is 22.2 Å². The second-order valence-corrected chi connectivity index (χ2v) is 8.34. The summed E-state index contributed by atoms with van der Waals surface area (Å²) in [6.07, 6.45) is -1.10. The van der Waals surface area contributed by atoms with Crippen LogP contribution in [-0.2, 0) is 14.6 Å². The smallest absolute Gasteiger partial charge is 0.495 e. The average molecular weight is 452 g/mol. The molecular formula is C18H17ClF3NO5S. The summed E-state index contributed by atoms with van der Waals surface area (Å²) in [7, 11) is -4.38. The lowest BCUT2D eigenvalue weighted by Crippen LogP contribution is -2.30. The second kappa shape index (κ2) is 8.50. The number of benzene rings is 2. The fourth-order valence-electron chi connectivity index (χ4n) is 2.26. The van der Waals surface area contributed by atoms with Gasteiger partial charge in [-0.1, -0.05) is 17.7 Å². The highest BCUT2D eigenvalue weighted by molar-refractivity contribution is 7.92. The molecule has 0 aromatic heterocycles. The molecule has 2 rings (SSSR count). The van der Waals surface area contributed by atoms with Crippen molar-refractivity contribution in [2.45, 2.75) is 30.4 Å². The summed E-state index contributed by atoms with van der Waals surface area (Å²) < 4.78 is 72.1. The van der Waals surface area contributed by atoms with Gasteiger partial charge in [-0.05, 0) is 49.7 Å². The van der Waals surface area contributed by atoms with E-state index in [0.29, 0.717) is 6.07 Å². The minimum atomic E-state index is -5.59. The van der Waals surface area contributed by atoms with E-state index < -0.39 is 32.3 Å². The minimum Gasteiger partial charge on any atom is -0.495 e. The van der Waals surface area contributed by atoms with Gasteiger partial charge in [0, 0.05) is 0 Å². The Labute approximate surface area is 170 Å². The van der Waals surface area contributed by atoms with Gasteiger partial charge in [0.25, 0.3) is 15.7 Å². The lowest BCUT2D eigenvalue weighted by molar-refractivity contribution is -0.122. The molecule has 1 N–H and O–H groups in total. The lowest BCUT2D eigenvalue weighted by atomic mass is 10.2. The molecule has 0 aliphatic rings. The van der Waals surface area contributed by atoms with Gasteiger partial charge >= 0.3 is 5.51 Å². The number of hydrogen-bond acceptors (Lipinski definition) is 5. The number of sulfone groups is 1. The number of rotatable bonds is 6. The maximum absolute atomic E-state index is 12.8. The molecular weight excluding hydrogens is 435 g/mol. The van der Waals surface area contributed by atoms with E-state index in [1.807, 2.05) is 0 Å². The molecule has 0 aliphatic carbocycles. The Hall–Kier alpha value is -2.46. The Morgan fingerprint density at radius 2 is 1.79 bits per heavy atom. The molecule has 1 amide bonds. The number of amides is 1. The van der Waals surface area contributed by atoms with Crippen LogP contribution < -0.4 is 14.8 Å². The van der Waals surface area contributed by atoms with E-state index in [1.54, 1.807) is 25.1 Å². The van der Waals surface area contributed by atoms with E-state index in [4.69, 9.17) is 21.1 Å². The first kappa shape index (κ1) is 22.8. The number of ether oxygens (including phenoxy) is 2. The van der Waals surface area contributed by atoms with Gasteiger partial charge in [0.15, 0.2) is 6.10 Å². The van der Waals surface area contributed by atoms with Crippen molar-refractivity contribution in [3.63, 3.8) is 0 Å². The summed E-state index contributed by atoms with van der Waals surface area (Å²) in [6, 6.07) is 7.37. The lowest BCUT2D eigenvalue weighted by Gasteiger charge is -2.18. The molecule has 0 saturated carbocycles. The van der Waals surface area contributed by atoms with Gasteiger partial charge in [0.1, 0.15) is 11.5 Å². The Bertz CT molecular complexity index is 1020. The van der Waals surface area contributed by atoms with Gasteiger partial charge in [-0.15, -0.1) is 0 Å². The Morgan fingerprint density at radius 1 is 1.14 bits per heavy atom. The van der Waals surface area contributed by atoms with Crippen molar-refractivity contribution in [3.8, 4) is 11.5 Å². The van der Waals surface area contributed by atoms with E-state index in [1.165, 1.54) is 14.0 Å². The molecule has 0 aliphatic heterocycles. The molecule has 158 valence electrons. The normalized spacial score (nSPS) is 12.9. The number of alkyl halides is 3. The van der Waals surface area contributed by atoms with E-state index in [2.05, 4.69) is 5.32 Å². The molecule has 29 heavy (non-hydrogen) atoms. The molecule has 11 heteroatoms.